The molecule has 2 N–H and O–H groups in total. The summed E-state index contributed by atoms with van der Waals surface area (Å²) in [5.41, 5.74) is 1.71. The van der Waals surface area contributed by atoms with E-state index in [2.05, 4.69) is 22.1 Å². The van der Waals surface area contributed by atoms with Gasteiger partial charge in [0.05, 0.1) is 10.0 Å². The summed E-state index contributed by atoms with van der Waals surface area (Å²) in [7, 11) is 1.79. The Labute approximate surface area is 182 Å². The molecule has 6 nitrogen and oxygen atoms in total. The van der Waals surface area contributed by atoms with Gasteiger partial charge in [-0.25, -0.2) is 0 Å². The van der Waals surface area contributed by atoms with Crippen molar-refractivity contribution in [2.24, 2.45) is 0 Å². The van der Waals surface area contributed by atoms with E-state index in [4.69, 9.17) is 33.3 Å². The molecule has 0 saturated carbocycles. The highest BCUT2D eigenvalue weighted by molar-refractivity contribution is 6.42. The van der Waals surface area contributed by atoms with E-state index in [1.54, 1.807) is 30.1 Å². The molecule has 1 unspecified atom stereocenters. The monoisotopic (exact) mass is 435 g/mol. The van der Waals surface area contributed by atoms with Crippen LogP contribution in [0.25, 0.3) is 0 Å². The molecule has 0 bridgehead atoms. The van der Waals surface area contributed by atoms with Gasteiger partial charge >= 0.3 is 0 Å². The molecule has 156 valence electrons. The molecule has 8 heteroatoms. The van der Waals surface area contributed by atoms with Crippen LogP contribution in [0.1, 0.15) is 25.3 Å². The quantitative estimate of drug-likeness (QED) is 0.508. The predicted octanol–water partition coefficient (Wildman–Crippen LogP) is 5.04. The van der Waals surface area contributed by atoms with Crippen molar-refractivity contribution in [1.82, 2.24) is 9.88 Å². The lowest BCUT2D eigenvalue weighted by Crippen LogP contribution is -2.41. The fraction of sp³-hybridized carbons (Fsp3) is 0.429. The average molecular weight is 436 g/mol. The summed E-state index contributed by atoms with van der Waals surface area (Å²) in [6.07, 6.45) is 2.31. The van der Waals surface area contributed by atoms with E-state index in [9.17, 15) is 0 Å². The summed E-state index contributed by atoms with van der Waals surface area (Å²) in [4.78, 5) is 8.69. The van der Waals surface area contributed by atoms with Crippen LogP contribution in [0, 0.1) is 12.3 Å². The third kappa shape index (κ3) is 5.75. The average Bonchev–Trinajstić information content (AvgIpc) is 2.69. The van der Waals surface area contributed by atoms with E-state index in [0.29, 0.717) is 27.4 Å². The van der Waals surface area contributed by atoms with Crippen LogP contribution in [0.15, 0.2) is 30.3 Å². The number of nitrogens with one attached hydrogen (secondary N) is 2. The van der Waals surface area contributed by atoms with Crippen LogP contribution in [0.5, 0.6) is 5.88 Å². The Balaban J connectivity index is 1.70. The fourth-order valence-electron chi connectivity index (χ4n) is 3.33. The Kier molecular flexibility index (Phi) is 7.22. The lowest BCUT2D eigenvalue weighted by atomic mass is 10.1. The second-order valence-corrected chi connectivity index (χ2v) is 8.09. The van der Waals surface area contributed by atoms with Crippen LogP contribution in [0.3, 0.4) is 0 Å². The molecule has 1 fully saturated rings. The van der Waals surface area contributed by atoms with Gasteiger partial charge in [-0.05, 0) is 62.7 Å². The second kappa shape index (κ2) is 9.65. The number of pyridine rings is 1. The van der Waals surface area contributed by atoms with Gasteiger partial charge in [0.2, 0.25) is 11.8 Å². The number of halogens is 2. The molecular weight excluding hydrogens is 409 g/mol. The zero-order valence-electron chi connectivity index (χ0n) is 17.0. The van der Waals surface area contributed by atoms with Crippen molar-refractivity contribution >= 4 is 40.7 Å². The van der Waals surface area contributed by atoms with E-state index >= 15 is 0 Å². The van der Waals surface area contributed by atoms with Crippen LogP contribution >= 0.6 is 23.2 Å². The van der Waals surface area contributed by atoms with Gasteiger partial charge in [-0.3, -0.25) is 10.3 Å². The number of hydrogen-bond donors (Lipinski definition) is 2. The molecule has 1 aliphatic heterocycles. The number of anilines is 2. The van der Waals surface area contributed by atoms with Crippen LogP contribution in [-0.2, 0) is 0 Å². The van der Waals surface area contributed by atoms with Gasteiger partial charge in [-0.15, -0.1) is 0 Å². The van der Waals surface area contributed by atoms with E-state index in [-0.39, 0.29) is 12.1 Å². The number of rotatable bonds is 5. The number of benzene rings is 1. The number of piperidine rings is 1. The van der Waals surface area contributed by atoms with Gasteiger partial charge in [0.15, 0.2) is 0 Å². The first kappa shape index (κ1) is 21.7. The first-order valence-electron chi connectivity index (χ1n) is 9.77. The molecule has 1 aliphatic rings. The third-order valence-corrected chi connectivity index (χ3v) is 5.73. The molecule has 29 heavy (non-hydrogen) atoms. The number of aryl methyl sites for hydroxylation is 1. The van der Waals surface area contributed by atoms with E-state index in [1.807, 2.05) is 19.1 Å². The number of nitrogens with zero attached hydrogens (tertiary/aromatic N) is 3. The molecule has 1 aromatic carbocycles. The van der Waals surface area contributed by atoms with Gasteiger partial charge in [0.25, 0.3) is 0 Å². The summed E-state index contributed by atoms with van der Waals surface area (Å²) in [6, 6.07) is 9.03. The highest BCUT2D eigenvalue weighted by Crippen LogP contribution is 2.26. The van der Waals surface area contributed by atoms with Gasteiger partial charge in [-0.1, -0.05) is 30.1 Å². The van der Waals surface area contributed by atoms with Crippen molar-refractivity contribution in [3.63, 3.8) is 0 Å². The molecular formula is C21H27Cl2N5O. The van der Waals surface area contributed by atoms with Crippen molar-refractivity contribution in [2.45, 2.75) is 32.8 Å². The van der Waals surface area contributed by atoms with Crippen LogP contribution in [-0.4, -0.2) is 48.6 Å². The molecule has 1 saturated heterocycles. The third-order valence-electron chi connectivity index (χ3n) is 4.99. The topological polar surface area (TPSA) is 64.5 Å². The summed E-state index contributed by atoms with van der Waals surface area (Å²) < 4.78 is 6.18. The molecule has 0 spiro atoms. The Morgan fingerprint density at radius 2 is 2.10 bits per heavy atom. The number of guanidine groups is 1. The van der Waals surface area contributed by atoms with Gasteiger partial charge in [-0.2, -0.15) is 4.98 Å². The van der Waals surface area contributed by atoms with Gasteiger partial charge < -0.3 is 15.0 Å². The molecule has 0 radical (unpaired) electrons. The highest BCUT2D eigenvalue weighted by Gasteiger charge is 2.21. The largest absolute Gasteiger partial charge is 0.473 e. The normalized spacial score (nSPS) is 17.1. The SMILES string of the molecule is CCN1CCCC(Oc2cc(C)cc(N(C)C(=N)Nc3ccc(Cl)c(Cl)c3)n2)C1. The predicted molar refractivity (Wildman–Crippen MR) is 121 cm³/mol. The van der Waals surface area contributed by atoms with E-state index in [0.717, 1.165) is 38.0 Å². The Bertz CT molecular complexity index is 876. The van der Waals surface area contributed by atoms with E-state index in [1.165, 1.54) is 0 Å². The molecule has 2 aromatic rings. The zero-order chi connectivity index (χ0) is 21.0. The Morgan fingerprint density at radius 1 is 1.31 bits per heavy atom. The maximum Gasteiger partial charge on any atom is 0.215 e. The van der Waals surface area contributed by atoms with Crippen molar-refractivity contribution in [1.29, 1.82) is 5.41 Å². The first-order valence-corrected chi connectivity index (χ1v) is 10.5. The summed E-state index contributed by atoms with van der Waals surface area (Å²) in [6.45, 7) is 7.26. The number of aromatic nitrogens is 1. The fourth-order valence-corrected chi connectivity index (χ4v) is 3.62. The van der Waals surface area contributed by atoms with Gasteiger partial charge in [0, 0.05) is 25.3 Å². The molecule has 0 amide bonds. The highest BCUT2D eigenvalue weighted by atomic mass is 35.5. The van der Waals surface area contributed by atoms with Gasteiger partial charge in [0.1, 0.15) is 11.9 Å². The second-order valence-electron chi connectivity index (χ2n) is 7.28. The van der Waals surface area contributed by atoms with Crippen LogP contribution in [0.4, 0.5) is 11.5 Å². The number of likely N-dealkylation sites (N-methyl/N-ethyl adjacent to an activating group) is 1. The van der Waals surface area contributed by atoms with Crippen molar-refractivity contribution in [3.8, 4) is 5.88 Å². The minimum Gasteiger partial charge on any atom is -0.473 e. The maximum absolute atomic E-state index is 8.39. The van der Waals surface area contributed by atoms with Crippen molar-refractivity contribution < 1.29 is 4.74 Å². The molecule has 1 aromatic heterocycles. The first-order chi connectivity index (χ1) is 13.9. The van der Waals surface area contributed by atoms with Crippen LogP contribution < -0.4 is 15.0 Å². The molecule has 1 atom stereocenters. The smallest absolute Gasteiger partial charge is 0.215 e. The minimum atomic E-state index is 0.143. The van der Waals surface area contributed by atoms with E-state index < -0.39 is 0 Å². The van der Waals surface area contributed by atoms with Crippen molar-refractivity contribution in [3.05, 3.63) is 45.9 Å². The minimum absolute atomic E-state index is 0.143. The molecule has 3 rings (SSSR count). The Hall–Kier alpha value is -2.02. The van der Waals surface area contributed by atoms with Crippen molar-refractivity contribution in [2.75, 3.05) is 36.9 Å². The lowest BCUT2D eigenvalue weighted by molar-refractivity contribution is 0.0883. The molecule has 2 heterocycles. The zero-order valence-corrected chi connectivity index (χ0v) is 18.5. The number of hydrogen-bond acceptors (Lipinski definition) is 4. The summed E-state index contributed by atoms with van der Waals surface area (Å²) in [5.74, 6) is 1.40. The van der Waals surface area contributed by atoms with Crippen LogP contribution in [0.2, 0.25) is 10.0 Å². The maximum atomic E-state index is 8.39. The standard InChI is InChI=1S/C21H27Cl2N5O/c1-4-28-9-5-6-16(13-28)29-20-11-14(2)10-19(26-20)27(3)21(24)25-15-7-8-17(22)18(23)12-15/h7-8,10-12,16H,4-6,9,13H2,1-3H3,(H2,24,25). The number of likely N-dealkylation sites (tertiary alicyclic amines) is 1. The summed E-state index contributed by atoms with van der Waals surface area (Å²) >= 11 is 12.0. The Morgan fingerprint density at radius 3 is 2.83 bits per heavy atom. The molecule has 0 aliphatic carbocycles. The number of ether oxygens (including phenoxy) is 1. The summed E-state index contributed by atoms with van der Waals surface area (Å²) in [5, 5.41) is 12.3. The lowest BCUT2D eigenvalue weighted by Gasteiger charge is -2.32.